The Balaban J connectivity index is 2.23. The number of hydrogen-bond acceptors (Lipinski definition) is 4. The van der Waals surface area contributed by atoms with Gasteiger partial charge in [0.05, 0.1) is 7.11 Å². The van der Waals surface area contributed by atoms with Crippen molar-refractivity contribution >= 4 is 12.0 Å². The highest BCUT2D eigenvalue weighted by atomic mass is 16.5. The highest BCUT2D eigenvalue weighted by molar-refractivity contribution is 5.84. The molecule has 1 aromatic carbocycles. The molecule has 2 amide bonds. The summed E-state index contributed by atoms with van der Waals surface area (Å²) >= 11 is 0. The first-order valence-corrected chi connectivity index (χ1v) is 6.41. The molecule has 0 spiro atoms. The first-order valence-electron chi connectivity index (χ1n) is 6.41. The fourth-order valence-corrected chi connectivity index (χ4v) is 1.69. The molecule has 20 heavy (non-hydrogen) atoms. The predicted octanol–water partition coefficient (Wildman–Crippen LogP) is 0.0654. The van der Waals surface area contributed by atoms with Crippen LogP contribution in [-0.4, -0.2) is 31.7 Å². The Morgan fingerprint density at radius 3 is 2.50 bits per heavy atom. The van der Waals surface area contributed by atoms with Crippen LogP contribution in [-0.2, 0) is 11.2 Å². The maximum Gasteiger partial charge on any atom is 0.242 e. The third kappa shape index (κ3) is 5.60. The second-order valence-electron chi connectivity index (χ2n) is 4.40. The minimum absolute atomic E-state index is 0.357. The van der Waals surface area contributed by atoms with Gasteiger partial charge in [-0.3, -0.25) is 4.79 Å². The number of carbonyl (C=O) groups is 2. The van der Waals surface area contributed by atoms with Gasteiger partial charge in [0.2, 0.25) is 5.91 Å². The van der Waals surface area contributed by atoms with E-state index in [2.05, 4.69) is 5.32 Å². The van der Waals surface area contributed by atoms with E-state index in [-0.39, 0.29) is 5.91 Å². The monoisotopic (exact) mass is 279 g/mol. The average molecular weight is 279 g/mol. The molecule has 0 aromatic heterocycles. The molecule has 0 saturated heterocycles. The molecule has 1 rings (SSSR count). The van der Waals surface area contributed by atoms with Crippen LogP contribution in [0.4, 0.5) is 4.79 Å². The van der Waals surface area contributed by atoms with E-state index in [1.165, 1.54) is 6.92 Å². The average Bonchev–Trinajstić information content (AvgIpc) is 2.43. The lowest BCUT2D eigenvalue weighted by molar-refractivity contribution is -0.251. The molecule has 6 heteroatoms. The topological polar surface area (TPSA) is 90.5 Å². The lowest BCUT2D eigenvalue weighted by atomic mass is 10.1. The van der Waals surface area contributed by atoms with Crippen LogP contribution in [0.3, 0.4) is 0 Å². The van der Waals surface area contributed by atoms with Gasteiger partial charge in [-0.2, -0.15) is 0 Å². The smallest absolute Gasteiger partial charge is 0.242 e. The number of methoxy groups -OCH3 is 1. The summed E-state index contributed by atoms with van der Waals surface area (Å²) in [6, 6.07) is 6.92. The highest BCUT2D eigenvalue weighted by Crippen LogP contribution is 2.12. The Hall–Kier alpha value is -2.24. The number of amides is 2. The van der Waals surface area contributed by atoms with Crippen molar-refractivity contribution in [1.82, 2.24) is 10.6 Å². The second kappa shape index (κ2) is 8.04. The zero-order valence-electron chi connectivity index (χ0n) is 11.6. The van der Waals surface area contributed by atoms with Gasteiger partial charge in [0, 0.05) is 6.54 Å². The first-order chi connectivity index (χ1) is 9.52. The second-order valence-corrected chi connectivity index (χ2v) is 4.40. The van der Waals surface area contributed by atoms with Crippen molar-refractivity contribution in [3.63, 3.8) is 0 Å². The van der Waals surface area contributed by atoms with Crippen molar-refractivity contribution in [2.75, 3.05) is 13.7 Å². The molecule has 1 unspecified atom stereocenters. The summed E-state index contributed by atoms with van der Waals surface area (Å²) in [5.41, 5.74) is 1.15. The summed E-state index contributed by atoms with van der Waals surface area (Å²) in [5.74, 6) is 0.452. The molecule has 2 N–H and O–H groups in total. The molecule has 6 nitrogen and oxygen atoms in total. The molecular formula is C14H19N2O4-. The minimum Gasteiger partial charge on any atom is -0.530 e. The van der Waals surface area contributed by atoms with Gasteiger partial charge in [-0.15, -0.1) is 0 Å². The van der Waals surface area contributed by atoms with E-state index in [0.29, 0.717) is 6.54 Å². The number of aryl methyl sites for hydroxylation is 1. The lowest BCUT2D eigenvalue weighted by Crippen LogP contribution is -2.49. The van der Waals surface area contributed by atoms with E-state index >= 15 is 0 Å². The molecule has 0 fully saturated rings. The van der Waals surface area contributed by atoms with Crippen molar-refractivity contribution in [2.24, 2.45) is 0 Å². The highest BCUT2D eigenvalue weighted by Gasteiger charge is 2.10. The Morgan fingerprint density at radius 1 is 1.30 bits per heavy atom. The van der Waals surface area contributed by atoms with Gasteiger partial charge in [0.15, 0.2) is 0 Å². The fourth-order valence-electron chi connectivity index (χ4n) is 1.69. The Labute approximate surface area is 118 Å². The van der Waals surface area contributed by atoms with Crippen LogP contribution < -0.4 is 20.5 Å². The zero-order valence-corrected chi connectivity index (χ0v) is 11.6. The van der Waals surface area contributed by atoms with Gasteiger partial charge in [-0.05, 0) is 37.5 Å². The minimum atomic E-state index is -1.45. The van der Waals surface area contributed by atoms with E-state index < -0.39 is 12.1 Å². The van der Waals surface area contributed by atoms with Crippen molar-refractivity contribution in [3.05, 3.63) is 29.8 Å². The predicted molar refractivity (Wildman–Crippen MR) is 72.3 cm³/mol. The van der Waals surface area contributed by atoms with E-state index in [1.807, 2.05) is 29.6 Å². The number of hydrogen-bond donors (Lipinski definition) is 2. The Bertz CT molecular complexity index is 445. The summed E-state index contributed by atoms with van der Waals surface area (Å²) in [6.45, 7) is 1.96. The Kier molecular flexibility index (Phi) is 6.36. The third-order valence-corrected chi connectivity index (χ3v) is 2.83. The molecule has 1 aromatic rings. The normalized spacial score (nSPS) is 11.5. The van der Waals surface area contributed by atoms with E-state index in [1.54, 1.807) is 7.11 Å². The van der Waals surface area contributed by atoms with Gasteiger partial charge in [0.25, 0.3) is 0 Å². The van der Waals surface area contributed by atoms with Crippen LogP contribution in [0.15, 0.2) is 24.3 Å². The summed E-state index contributed by atoms with van der Waals surface area (Å²) in [6.07, 6.45) is 0.147. The largest absolute Gasteiger partial charge is 0.530 e. The summed E-state index contributed by atoms with van der Waals surface area (Å²) < 4.78 is 5.07. The van der Waals surface area contributed by atoms with Crippen molar-refractivity contribution < 1.29 is 19.4 Å². The van der Waals surface area contributed by atoms with Crippen LogP contribution in [0.5, 0.6) is 5.75 Å². The number of carbonyl (C=O) groups excluding carboxylic acids is 2. The Morgan fingerprint density at radius 2 is 1.95 bits per heavy atom. The number of nitrogens with one attached hydrogen (secondary N) is 2. The molecule has 0 aliphatic carbocycles. The van der Waals surface area contributed by atoms with Crippen molar-refractivity contribution in [3.8, 4) is 5.75 Å². The lowest BCUT2D eigenvalue weighted by Gasteiger charge is -2.15. The molecular weight excluding hydrogens is 260 g/mol. The maximum atomic E-state index is 11.5. The quantitative estimate of drug-likeness (QED) is 0.691. The number of ether oxygens (including phenoxy) is 1. The van der Waals surface area contributed by atoms with Crippen LogP contribution in [0, 0.1) is 0 Å². The van der Waals surface area contributed by atoms with E-state index in [9.17, 15) is 14.7 Å². The van der Waals surface area contributed by atoms with E-state index in [0.717, 1.165) is 24.2 Å². The van der Waals surface area contributed by atoms with Gasteiger partial charge < -0.3 is 25.3 Å². The van der Waals surface area contributed by atoms with Crippen molar-refractivity contribution in [1.29, 1.82) is 0 Å². The molecule has 0 aliphatic rings. The zero-order chi connectivity index (χ0) is 15.0. The molecule has 0 aliphatic heterocycles. The van der Waals surface area contributed by atoms with Gasteiger partial charge in [-0.25, -0.2) is 0 Å². The summed E-state index contributed by atoms with van der Waals surface area (Å²) in [7, 11) is 1.62. The maximum absolute atomic E-state index is 11.5. The number of carboxylic acid groups (broad SMARTS) is 1. The van der Waals surface area contributed by atoms with Crippen LogP contribution >= 0.6 is 0 Å². The van der Waals surface area contributed by atoms with Gasteiger partial charge >= 0.3 is 0 Å². The molecule has 0 saturated carbocycles. The van der Waals surface area contributed by atoms with Crippen LogP contribution in [0.25, 0.3) is 0 Å². The molecule has 0 heterocycles. The number of benzene rings is 1. The summed E-state index contributed by atoms with van der Waals surface area (Å²) in [5, 5.41) is 14.9. The molecule has 0 bridgehead atoms. The first kappa shape index (κ1) is 15.8. The van der Waals surface area contributed by atoms with Gasteiger partial charge in [-0.1, -0.05) is 12.1 Å². The SMILES string of the molecule is COc1ccc(CCCNC(=O)C(C)NC(=O)[O-])cc1. The molecule has 0 radical (unpaired) electrons. The fraction of sp³-hybridized carbons (Fsp3) is 0.429. The third-order valence-electron chi connectivity index (χ3n) is 2.83. The van der Waals surface area contributed by atoms with Crippen LogP contribution in [0.2, 0.25) is 0 Å². The van der Waals surface area contributed by atoms with E-state index in [4.69, 9.17) is 4.74 Å². The van der Waals surface area contributed by atoms with Gasteiger partial charge in [0.1, 0.15) is 17.9 Å². The van der Waals surface area contributed by atoms with Crippen molar-refractivity contribution in [2.45, 2.75) is 25.8 Å². The summed E-state index contributed by atoms with van der Waals surface area (Å²) in [4.78, 5) is 21.8. The van der Waals surface area contributed by atoms with Crippen LogP contribution in [0.1, 0.15) is 18.9 Å². The molecule has 110 valence electrons. The standard InChI is InChI=1S/C14H20N2O4/c1-10(16-14(18)19)13(17)15-9-3-4-11-5-7-12(20-2)8-6-11/h5-8,10,16H,3-4,9H2,1-2H3,(H,15,17)(H,18,19)/p-1. The molecule has 1 atom stereocenters. The number of rotatable bonds is 7.